The molecule has 0 heterocycles. The Morgan fingerprint density at radius 2 is 1.58 bits per heavy atom. The fraction of sp³-hybridized carbons (Fsp3) is 0.0769. The number of non-ortho nitro benzene ring substituents is 1. The Hall–Kier alpha value is -3.37. The van der Waals surface area contributed by atoms with Crippen molar-refractivity contribution in [3.8, 4) is 5.75 Å². The van der Waals surface area contributed by atoms with Gasteiger partial charge in [-0.05, 0) is 30.3 Å². The van der Waals surface area contributed by atoms with Gasteiger partial charge in [-0.15, -0.1) is 13.2 Å². The highest BCUT2D eigenvalue weighted by Gasteiger charge is 2.31. The third kappa shape index (κ3) is 4.32. The van der Waals surface area contributed by atoms with E-state index in [4.69, 9.17) is 0 Å². The lowest BCUT2D eigenvalue weighted by molar-refractivity contribution is -0.393. The second-order valence-corrected chi connectivity index (χ2v) is 4.41. The number of benzene rings is 2. The van der Waals surface area contributed by atoms with Gasteiger partial charge in [-0.25, -0.2) is 0 Å². The van der Waals surface area contributed by atoms with Crippen LogP contribution in [0.5, 0.6) is 5.75 Å². The van der Waals surface area contributed by atoms with Crippen LogP contribution in [-0.4, -0.2) is 16.2 Å². The number of rotatable bonds is 5. The Balaban J connectivity index is 2.24. The van der Waals surface area contributed by atoms with Crippen LogP contribution in [-0.2, 0) is 0 Å². The predicted molar refractivity (Wildman–Crippen MR) is 76.2 cm³/mol. The second-order valence-electron chi connectivity index (χ2n) is 4.41. The molecule has 0 aromatic heterocycles. The summed E-state index contributed by atoms with van der Waals surface area (Å²) in [6.07, 6.45) is -4.83. The Morgan fingerprint density at radius 1 is 0.958 bits per heavy atom. The first-order valence-corrected chi connectivity index (χ1v) is 6.21. The molecular formula is C13H8F3N3O5. The number of anilines is 2. The molecule has 8 nitrogen and oxygen atoms in total. The molecule has 0 unspecified atom stereocenters. The molecule has 0 spiro atoms. The molecule has 2 aromatic carbocycles. The highest BCUT2D eigenvalue weighted by Crippen LogP contribution is 2.32. The molecule has 0 fully saturated rings. The number of halogens is 3. The zero-order chi connectivity index (χ0) is 17.9. The molecule has 126 valence electrons. The van der Waals surface area contributed by atoms with E-state index in [2.05, 4.69) is 10.1 Å². The summed E-state index contributed by atoms with van der Waals surface area (Å²) in [7, 11) is 0. The number of ether oxygens (including phenoxy) is 1. The molecule has 0 amide bonds. The van der Waals surface area contributed by atoms with Gasteiger partial charge >= 0.3 is 6.36 Å². The van der Waals surface area contributed by atoms with E-state index in [1.807, 2.05) is 0 Å². The summed E-state index contributed by atoms with van der Waals surface area (Å²) in [4.78, 5) is 20.1. The third-order valence-electron chi connectivity index (χ3n) is 2.76. The number of nitrogens with zero attached hydrogens (tertiary/aromatic N) is 2. The Labute approximate surface area is 131 Å². The molecule has 2 rings (SSSR count). The van der Waals surface area contributed by atoms with Crippen LogP contribution >= 0.6 is 0 Å². The maximum Gasteiger partial charge on any atom is 0.573 e. The van der Waals surface area contributed by atoms with Crippen LogP contribution in [0.4, 0.5) is 35.9 Å². The van der Waals surface area contributed by atoms with Crippen molar-refractivity contribution >= 4 is 22.7 Å². The van der Waals surface area contributed by atoms with Crippen molar-refractivity contribution in [3.63, 3.8) is 0 Å². The molecular weight excluding hydrogens is 335 g/mol. The maximum atomic E-state index is 12.1. The number of nitro groups is 2. The van der Waals surface area contributed by atoms with Gasteiger partial charge < -0.3 is 10.1 Å². The fourth-order valence-electron chi connectivity index (χ4n) is 1.79. The van der Waals surface area contributed by atoms with Crippen LogP contribution in [0.3, 0.4) is 0 Å². The van der Waals surface area contributed by atoms with E-state index in [-0.39, 0.29) is 11.4 Å². The molecule has 0 atom stereocenters. The van der Waals surface area contributed by atoms with Crippen LogP contribution < -0.4 is 10.1 Å². The van der Waals surface area contributed by atoms with Crippen LogP contribution in [0.2, 0.25) is 0 Å². The van der Waals surface area contributed by atoms with E-state index < -0.39 is 33.3 Å². The van der Waals surface area contributed by atoms with Gasteiger partial charge in [0.2, 0.25) is 0 Å². The number of hydrogen-bond donors (Lipinski definition) is 1. The molecule has 11 heteroatoms. The van der Waals surface area contributed by atoms with Crippen molar-refractivity contribution in [3.05, 3.63) is 62.7 Å². The zero-order valence-corrected chi connectivity index (χ0v) is 11.6. The first-order chi connectivity index (χ1) is 11.2. The van der Waals surface area contributed by atoms with E-state index in [9.17, 15) is 33.4 Å². The van der Waals surface area contributed by atoms with Gasteiger partial charge in [-0.1, -0.05) is 0 Å². The Bertz CT molecular complexity index is 777. The fourth-order valence-corrected chi connectivity index (χ4v) is 1.79. The minimum atomic E-state index is -4.83. The summed E-state index contributed by atoms with van der Waals surface area (Å²) in [5, 5.41) is 24.3. The summed E-state index contributed by atoms with van der Waals surface area (Å²) in [6, 6.07) is 7.45. The quantitative estimate of drug-likeness (QED) is 0.645. The monoisotopic (exact) mass is 343 g/mol. The van der Waals surface area contributed by atoms with Gasteiger partial charge in [-0.3, -0.25) is 20.2 Å². The SMILES string of the molecule is O=[N+]([O-])c1ccc(Nc2ccc(OC(F)(F)F)cc2)c([N+](=O)[O-])c1. The van der Waals surface area contributed by atoms with Crippen LogP contribution in [0, 0.1) is 20.2 Å². The normalized spacial score (nSPS) is 11.0. The summed E-state index contributed by atoms with van der Waals surface area (Å²) in [5.41, 5.74) is -0.808. The molecule has 0 radical (unpaired) electrons. The number of alkyl halides is 3. The lowest BCUT2D eigenvalue weighted by atomic mass is 10.2. The molecule has 0 aliphatic carbocycles. The minimum Gasteiger partial charge on any atom is -0.406 e. The number of hydrogen-bond acceptors (Lipinski definition) is 6. The smallest absolute Gasteiger partial charge is 0.406 e. The van der Waals surface area contributed by atoms with Crippen molar-refractivity contribution in [2.75, 3.05) is 5.32 Å². The highest BCUT2D eigenvalue weighted by atomic mass is 19.4. The topological polar surface area (TPSA) is 108 Å². The highest BCUT2D eigenvalue weighted by molar-refractivity contribution is 5.71. The molecule has 0 saturated carbocycles. The standard InChI is InChI=1S/C13H8F3N3O5/c14-13(15,16)24-10-4-1-8(2-5-10)17-11-6-3-9(18(20)21)7-12(11)19(22)23/h1-7,17H. The van der Waals surface area contributed by atoms with Gasteiger partial charge in [0.05, 0.1) is 15.9 Å². The largest absolute Gasteiger partial charge is 0.573 e. The van der Waals surface area contributed by atoms with Crippen molar-refractivity contribution in [2.45, 2.75) is 6.36 Å². The van der Waals surface area contributed by atoms with Crippen LogP contribution in [0.15, 0.2) is 42.5 Å². The summed E-state index contributed by atoms with van der Waals surface area (Å²) in [5.74, 6) is -0.453. The van der Waals surface area contributed by atoms with Gasteiger partial charge in [0.25, 0.3) is 11.4 Å². The number of nitrogens with one attached hydrogen (secondary N) is 1. The zero-order valence-electron chi connectivity index (χ0n) is 11.6. The van der Waals surface area contributed by atoms with E-state index in [1.165, 1.54) is 12.1 Å². The summed E-state index contributed by atoms with van der Waals surface area (Å²) < 4.78 is 39.9. The Morgan fingerprint density at radius 3 is 2.08 bits per heavy atom. The van der Waals surface area contributed by atoms with Crippen molar-refractivity contribution in [2.24, 2.45) is 0 Å². The van der Waals surface area contributed by atoms with E-state index in [1.54, 1.807) is 0 Å². The van der Waals surface area contributed by atoms with Crippen LogP contribution in [0.1, 0.15) is 0 Å². The van der Waals surface area contributed by atoms with Crippen molar-refractivity contribution in [1.29, 1.82) is 0 Å². The molecule has 1 N–H and O–H groups in total. The van der Waals surface area contributed by atoms with Crippen molar-refractivity contribution < 1.29 is 27.8 Å². The first kappa shape index (κ1) is 17.0. The average molecular weight is 343 g/mol. The summed E-state index contributed by atoms with van der Waals surface area (Å²) >= 11 is 0. The molecule has 24 heavy (non-hydrogen) atoms. The molecule has 2 aromatic rings. The van der Waals surface area contributed by atoms with Gasteiger partial charge in [0, 0.05) is 11.8 Å². The van der Waals surface area contributed by atoms with Crippen molar-refractivity contribution in [1.82, 2.24) is 0 Å². The second kappa shape index (κ2) is 6.40. The lowest BCUT2D eigenvalue weighted by Crippen LogP contribution is -2.16. The summed E-state index contributed by atoms with van der Waals surface area (Å²) in [6.45, 7) is 0. The predicted octanol–water partition coefficient (Wildman–Crippen LogP) is 4.15. The molecule has 0 aliphatic heterocycles. The number of nitro benzene ring substituents is 2. The maximum absolute atomic E-state index is 12.1. The lowest BCUT2D eigenvalue weighted by Gasteiger charge is -2.10. The Kier molecular flexibility index (Phi) is 4.53. The molecule has 0 aliphatic rings. The van der Waals surface area contributed by atoms with Crippen LogP contribution in [0.25, 0.3) is 0 Å². The van der Waals surface area contributed by atoms with Gasteiger partial charge in [0.15, 0.2) is 0 Å². The minimum absolute atomic E-state index is 0.0462. The average Bonchev–Trinajstić information content (AvgIpc) is 2.47. The van der Waals surface area contributed by atoms with Gasteiger partial charge in [0.1, 0.15) is 11.4 Å². The van der Waals surface area contributed by atoms with E-state index in [0.29, 0.717) is 0 Å². The van der Waals surface area contributed by atoms with Gasteiger partial charge in [-0.2, -0.15) is 0 Å². The molecule has 0 bridgehead atoms. The molecule has 0 saturated heterocycles. The van der Waals surface area contributed by atoms with E-state index in [0.717, 1.165) is 30.3 Å². The third-order valence-corrected chi connectivity index (χ3v) is 2.76. The van der Waals surface area contributed by atoms with E-state index >= 15 is 0 Å². The first-order valence-electron chi connectivity index (χ1n) is 6.21.